The van der Waals surface area contributed by atoms with Crippen molar-refractivity contribution in [1.29, 1.82) is 0 Å². The molecule has 10 heteroatoms. The lowest BCUT2D eigenvalue weighted by molar-refractivity contribution is 0.0300. The Kier molecular flexibility index (Phi) is 14.1. The van der Waals surface area contributed by atoms with Gasteiger partial charge >= 0.3 is 5.97 Å². The van der Waals surface area contributed by atoms with Crippen LogP contribution in [0.15, 0.2) is 109 Å². The molecule has 5 aromatic rings. The minimum Gasteiger partial charge on any atom is -0.494 e. The minimum atomic E-state index is -1.64. The van der Waals surface area contributed by atoms with Gasteiger partial charge in [0.2, 0.25) is 0 Å². The Bertz CT molecular complexity index is 2160. The number of anilines is 2. The highest BCUT2D eigenvalue weighted by Gasteiger charge is 2.48. The van der Waals surface area contributed by atoms with E-state index in [0.717, 1.165) is 82.0 Å². The van der Waals surface area contributed by atoms with Crippen LogP contribution < -0.4 is 19.3 Å². The number of hydrogen-bond donors (Lipinski definition) is 0. The molecule has 0 radical (unpaired) electrons. The Morgan fingerprint density at radius 2 is 0.931 bits per heavy atom. The topological polar surface area (TPSA) is 51.2 Å². The fourth-order valence-electron chi connectivity index (χ4n) is 6.79. The van der Waals surface area contributed by atoms with Crippen molar-refractivity contribution in [3.05, 3.63) is 163 Å². The van der Waals surface area contributed by atoms with Crippen LogP contribution in [-0.2, 0) is 10.3 Å². The summed E-state index contributed by atoms with van der Waals surface area (Å²) in [5.41, 5.74) is 5.74. The summed E-state index contributed by atoms with van der Waals surface area (Å²) in [5, 5.41) is 0.0284. The van der Waals surface area contributed by atoms with Gasteiger partial charge in [0.15, 0.2) is 5.60 Å². The third-order valence-corrected chi connectivity index (χ3v) is 11.9. The predicted molar refractivity (Wildman–Crippen MR) is 243 cm³/mol. The van der Waals surface area contributed by atoms with Gasteiger partial charge in [-0.15, -0.1) is 0 Å². The number of ether oxygens (including phenoxy) is 3. The number of fused-ring (bicyclic) bond motifs is 1. The molecule has 0 saturated heterocycles. The summed E-state index contributed by atoms with van der Waals surface area (Å²) in [4.78, 5) is 18.3. The van der Waals surface area contributed by atoms with Crippen molar-refractivity contribution < 1.29 is 19.0 Å². The van der Waals surface area contributed by atoms with Crippen LogP contribution in [0, 0.1) is 0 Å². The second-order valence-corrected chi connectivity index (χ2v) is 16.2. The fraction of sp³-hybridized carbons (Fsp3) is 0.271. The lowest BCUT2D eigenvalue weighted by Gasteiger charge is -2.27. The Labute approximate surface area is 362 Å². The minimum absolute atomic E-state index is 0.0208. The van der Waals surface area contributed by atoms with Crippen LogP contribution in [0.2, 0.25) is 20.1 Å². The number of nitrogens with zero attached hydrogens (tertiary/aromatic N) is 2. The Morgan fingerprint density at radius 1 is 0.569 bits per heavy atom. The highest BCUT2D eigenvalue weighted by Crippen LogP contribution is 2.53. The standard InChI is InChI=1S/C48H48Cl4N2O4/c1-7-9-27-56-37-23-15-33(16-24-37)39(31-11-19-35(20-12-31)53(3)4)29-48(42-41(47(55)58-48)43(49)45(51)46(52)44(42)50)30-40(32-13-21-36(22-14-32)54(5)6)34-17-25-38(26-18-34)57-28-10-8-2/h11-26,29-30H,7-10,27-28H2,1-6H3/b39-29+,40-30+. The van der Waals surface area contributed by atoms with E-state index in [1.54, 1.807) is 0 Å². The van der Waals surface area contributed by atoms with Crippen LogP contribution >= 0.6 is 46.4 Å². The molecule has 1 aliphatic rings. The number of unbranched alkanes of at least 4 members (excludes halogenated alkanes) is 2. The number of rotatable bonds is 16. The molecule has 0 unspecified atom stereocenters. The fourth-order valence-corrected chi connectivity index (χ4v) is 7.87. The van der Waals surface area contributed by atoms with Crippen molar-refractivity contribution in [3.63, 3.8) is 0 Å². The van der Waals surface area contributed by atoms with E-state index in [9.17, 15) is 4.79 Å². The second-order valence-electron chi connectivity index (χ2n) is 14.6. The zero-order valence-corrected chi connectivity index (χ0v) is 36.7. The maximum absolute atomic E-state index is 14.2. The highest BCUT2D eigenvalue weighted by molar-refractivity contribution is 6.53. The summed E-state index contributed by atoms with van der Waals surface area (Å²) >= 11 is 27.5. The summed E-state index contributed by atoms with van der Waals surface area (Å²) in [7, 11) is 7.98. The first-order valence-electron chi connectivity index (χ1n) is 19.4. The van der Waals surface area contributed by atoms with Gasteiger partial charge in [-0.3, -0.25) is 0 Å². The molecule has 0 aromatic heterocycles. The van der Waals surface area contributed by atoms with Crippen molar-refractivity contribution in [2.24, 2.45) is 0 Å². The average Bonchev–Trinajstić information content (AvgIpc) is 3.52. The molecule has 5 aromatic carbocycles. The lowest BCUT2D eigenvalue weighted by Crippen LogP contribution is -2.23. The number of halogens is 4. The summed E-state index contributed by atoms with van der Waals surface area (Å²) < 4.78 is 18.7. The first kappa shape index (κ1) is 43.0. The lowest BCUT2D eigenvalue weighted by atomic mass is 9.83. The molecule has 6 rings (SSSR count). The van der Waals surface area contributed by atoms with Crippen LogP contribution in [0.4, 0.5) is 11.4 Å². The van der Waals surface area contributed by atoms with Crippen molar-refractivity contribution in [2.45, 2.75) is 45.1 Å². The van der Waals surface area contributed by atoms with E-state index in [2.05, 4.69) is 13.8 Å². The van der Waals surface area contributed by atoms with E-state index < -0.39 is 11.6 Å². The van der Waals surface area contributed by atoms with Crippen LogP contribution in [0.5, 0.6) is 11.5 Å². The molecular formula is C48H48Cl4N2O4. The Balaban J connectivity index is 1.67. The van der Waals surface area contributed by atoms with Crippen molar-refractivity contribution in [1.82, 2.24) is 0 Å². The zero-order valence-electron chi connectivity index (χ0n) is 33.7. The smallest absolute Gasteiger partial charge is 0.341 e. The normalized spacial score (nSPS) is 13.6. The third-order valence-electron chi connectivity index (χ3n) is 10.1. The summed E-state index contributed by atoms with van der Waals surface area (Å²) in [6.45, 7) is 5.51. The van der Waals surface area contributed by atoms with Crippen molar-refractivity contribution >= 4 is 74.9 Å². The SMILES string of the molecule is CCCCOc1ccc(/C(=C/C2(/C=C(/c3ccc(OCCCC)cc3)c3ccc(N(C)C)cc3)OC(=O)c3c(Cl)c(Cl)c(Cl)c(Cl)c32)c2ccc(N(C)C)cc2)cc1. The summed E-state index contributed by atoms with van der Waals surface area (Å²) in [6.07, 6.45) is 7.83. The maximum Gasteiger partial charge on any atom is 0.341 e. The largest absolute Gasteiger partial charge is 0.494 e. The molecule has 0 amide bonds. The zero-order chi connectivity index (χ0) is 41.6. The molecule has 1 aliphatic heterocycles. The molecule has 1 heterocycles. The highest BCUT2D eigenvalue weighted by atomic mass is 35.5. The summed E-state index contributed by atoms with van der Waals surface area (Å²) in [5.74, 6) is 0.832. The number of hydrogen-bond acceptors (Lipinski definition) is 6. The number of benzene rings is 5. The Morgan fingerprint density at radius 3 is 1.29 bits per heavy atom. The van der Waals surface area contributed by atoms with Crippen LogP contribution in [0.3, 0.4) is 0 Å². The summed E-state index contributed by atoms with van der Waals surface area (Å²) in [6, 6.07) is 32.2. The molecule has 0 spiro atoms. The molecule has 0 N–H and O–H groups in total. The van der Waals surface area contributed by atoms with Gasteiger partial charge in [-0.05, 0) is 107 Å². The average molecular weight is 859 g/mol. The van der Waals surface area contributed by atoms with Crippen LogP contribution in [0.1, 0.15) is 77.7 Å². The molecule has 0 saturated carbocycles. The second kappa shape index (κ2) is 19.0. The molecular weight excluding hydrogens is 810 g/mol. The van der Waals surface area contributed by atoms with Crippen LogP contribution in [0.25, 0.3) is 11.1 Å². The van der Waals surface area contributed by atoms with E-state index in [-0.39, 0.29) is 25.7 Å². The van der Waals surface area contributed by atoms with E-state index in [0.29, 0.717) is 18.8 Å². The van der Waals surface area contributed by atoms with E-state index in [1.165, 1.54) is 0 Å². The van der Waals surface area contributed by atoms with E-state index in [4.69, 9.17) is 60.6 Å². The van der Waals surface area contributed by atoms with Gasteiger partial charge in [0, 0.05) is 45.1 Å². The predicted octanol–water partition coefficient (Wildman–Crippen LogP) is 13.4. The first-order valence-corrected chi connectivity index (χ1v) is 21.0. The van der Waals surface area contributed by atoms with Crippen molar-refractivity contribution in [3.8, 4) is 11.5 Å². The monoisotopic (exact) mass is 856 g/mol. The molecule has 0 bridgehead atoms. The number of esters is 1. The van der Waals surface area contributed by atoms with Gasteiger partial charge in [0.05, 0.1) is 38.9 Å². The van der Waals surface area contributed by atoms with Gasteiger partial charge in [-0.25, -0.2) is 4.79 Å². The van der Waals surface area contributed by atoms with Gasteiger partial charge in [-0.1, -0.05) is 122 Å². The first-order chi connectivity index (χ1) is 27.9. The van der Waals surface area contributed by atoms with Gasteiger partial charge < -0.3 is 24.0 Å². The van der Waals surface area contributed by atoms with E-state index >= 15 is 0 Å². The molecule has 0 fully saturated rings. The van der Waals surface area contributed by atoms with Crippen molar-refractivity contribution in [2.75, 3.05) is 51.2 Å². The van der Waals surface area contributed by atoms with E-state index in [1.807, 2.05) is 147 Å². The number of cyclic esters (lactones) is 1. The van der Waals surface area contributed by atoms with Gasteiger partial charge in [0.25, 0.3) is 0 Å². The molecule has 6 nitrogen and oxygen atoms in total. The van der Waals surface area contributed by atoms with Gasteiger partial charge in [-0.2, -0.15) is 0 Å². The quantitative estimate of drug-likeness (QED) is 0.0426. The van der Waals surface area contributed by atoms with Crippen LogP contribution in [-0.4, -0.2) is 47.4 Å². The molecule has 302 valence electrons. The maximum atomic E-state index is 14.2. The Hall–Kier alpha value is -4.59. The van der Waals surface area contributed by atoms with Gasteiger partial charge in [0.1, 0.15) is 11.5 Å². The molecule has 0 aliphatic carbocycles. The third kappa shape index (κ3) is 9.32. The number of carbonyl (C=O) groups excluding carboxylic acids is 1. The number of carbonyl (C=O) groups is 1. The molecule has 0 atom stereocenters. The molecule has 58 heavy (non-hydrogen) atoms.